The van der Waals surface area contributed by atoms with Gasteiger partial charge in [0.05, 0.1) is 6.04 Å². The predicted octanol–water partition coefficient (Wildman–Crippen LogP) is 1.95. The third-order valence-electron chi connectivity index (χ3n) is 2.61. The lowest BCUT2D eigenvalue weighted by Crippen LogP contribution is -2.49. The summed E-state index contributed by atoms with van der Waals surface area (Å²) in [4.78, 5) is 24.4. The predicted molar refractivity (Wildman–Crippen MR) is 62.6 cm³/mol. The molecule has 0 aromatic heterocycles. The van der Waals surface area contributed by atoms with E-state index >= 15 is 0 Å². The van der Waals surface area contributed by atoms with Gasteiger partial charge in [0.25, 0.3) is 0 Å². The second kappa shape index (κ2) is 4.29. The lowest BCUT2D eigenvalue weighted by molar-refractivity contribution is -0.124. The fourth-order valence-corrected chi connectivity index (χ4v) is 1.96. The maximum absolute atomic E-state index is 12.1. The Hall–Kier alpha value is -1.10. The van der Waals surface area contributed by atoms with Gasteiger partial charge in [0.15, 0.2) is 6.29 Å². The normalized spacial score (nSPS) is 28.0. The Morgan fingerprint density at radius 3 is 2.29 bits per heavy atom. The van der Waals surface area contributed by atoms with Crippen LogP contribution in [0.5, 0.6) is 0 Å². The second-order valence-corrected chi connectivity index (χ2v) is 5.76. The molecule has 0 radical (unpaired) electrons. The van der Waals surface area contributed by atoms with Gasteiger partial charge in [-0.1, -0.05) is 0 Å². The van der Waals surface area contributed by atoms with Gasteiger partial charge in [-0.05, 0) is 41.5 Å². The van der Waals surface area contributed by atoms with E-state index in [9.17, 15) is 9.59 Å². The number of ether oxygens (including phenoxy) is 2. The molecule has 0 bridgehead atoms. The molecule has 0 unspecified atom stereocenters. The molecule has 98 valence electrons. The van der Waals surface area contributed by atoms with E-state index in [1.165, 1.54) is 4.90 Å². The highest BCUT2D eigenvalue weighted by Gasteiger charge is 2.49. The van der Waals surface area contributed by atoms with Crippen molar-refractivity contribution in [3.8, 4) is 0 Å². The van der Waals surface area contributed by atoms with Crippen LogP contribution in [0.15, 0.2) is 0 Å². The van der Waals surface area contributed by atoms with Crippen molar-refractivity contribution in [1.82, 2.24) is 4.90 Å². The Labute approximate surface area is 102 Å². The minimum absolute atomic E-state index is 0.322. The summed E-state index contributed by atoms with van der Waals surface area (Å²) in [6, 6.07) is -0.322. The van der Waals surface area contributed by atoms with E-state index in [1.807, 2.05) is 0 Å². The molecule has 2 atom stereocenters. The molecule has 0 aliphatic carbocycles. The van der Waals surface area contributed by atoms with Gasteiger partial charge in [-0.3, -0.25) is 4.90 Å². The molecular weight excluding hydrogens is 222 g/mol. The molecule has 5 nitrogen and oxygen atoms in total. The van der Waals surface area contributed by atoms with E-state index in [0.29, 0.717) is 0 Å². The van der Waals surface area contributed by atoms with Crippen LogP contribution in [0.2, 0.25) is 0 Å². The third-order valence-corrected chi connectivity index (χ3v) is 2.61. The van der Waals surface area contributed by atoms with Crippen LogP contribution in [0.4, 0.5) is 4.79 Å². The highest BCUT2D eigenvalue weighted by Crippen LogP contribution is 2.32. The second-order valence-electron chi connectivity index (χ2n) is 5.76. The van der Waals surface area contributed by atoms with E-state index in [0.717, 1.165) is 6.29 Å². The van der Waals surface area contributed by atoms with E-state index in [2.05, 4.69) is 0 Å². The van der Waals surface area contributed by atoms with Crippen molar-refractivity contribution in [1.29, 1.82) is 0 Å². The smallest absolute Gasteiger partial charge is 0.412 e. The monoisotopic (exact) mass is 243 g/mol. The summed E-state index contributed by atoms with van der Waals surface area (Å²) in [5.41, 5.74) is -1.39. The van der Waals surface area contributed by atoms with Gasteiger partial charge < -0.3 is 14.3 Å². The molecule has 1 amide bonds. The van der Waals surface area contributed by atoms with E-state index in [-0.39, 0.29) is 6.04 Å². The van der Waals surface area contributed by atoms with Crippen molar-refractivity contribution in [2.45, 2.75) is 65.0 Å². The average Bonchev–Trinajstić information content (AvgIpc) is 2.32. The zero-order valence-corrected chi connectivity index (χ0v) is 11.3. The molecule has 0 aromatic carbocycles. The first kappa shape index (κ1) is 14.0. The first-order chi connectivity index (χ1) is 7.58. The van der Waals surface area contributed by atoms with Crippen molar-refractivity contribution in [3.05, 3.63) is 0 Å². The summed E-state index contributed by atoms with van der Waals surface area (Å²) in [7, 11) is 0. The summed E-state index contributed by atoms with van der Waals surface area (Å²) >= 11 is 0. The minimum Gasteiger partial charge on any atom is -0.444 e. The highest BCUT2D eigenvalue weighted by atomic mass is 16.6. The summed E-state index contributed by atoms with van der Waals surface area (Å²) in [6.45, 7) is 10.7. The SMILES string of the molecule is C[C@H]1[C@H](C=O)OC(C)(C)N1C(=O)OC(C)(C)C. The van der Waals surface area contributed by atoms with E-state index in [1.54, 1.807) is 41.5 Å². The van der Waals surface area contributed by atoms with Gasteiger partial charge in [-0.25, -0.2) is 4.79 Å². The van der Waals surface area contributed by atoms with Gasteiger partial charge in [-0.15, -0.1) is 0 Å². The number of carbonyl (C=O) groups is 2. The van der Waals surface area contributed by atoms with Crippen LogP contribution in [0, 0.1) is 0 Å². The minimum atomic E-state index is -0.826. The molecule has 1 rings (SSSR count). The third kappa shape index (κ3) is 2.97. The first-order valence-electron chi connectivity index (χ1n) is 5.74. The molecule has 0 saturated carbocycles. The number of amides is 1. The Kier molecular flexibility index (Phi) is 3.52. The van der Waals surface area contributed by atoms with Gasteiger partial charge in [0, 0.05) is 0 Å². The molecule has 0 spiro atoms. The summed E-state index contributed by atoms with van der Waals surface area (Å²) in [6.07, 6.45) is -0.339. The number of hydrogen-bond acceptors (Lipinski definition) is 4. The Balaban J connectivity index is 2.88. The van der Waals surface area contributed by atoms with Crippen LogP contribution in [0.3, 0.4) is 0 Å². The van der Waals surface area contributed by atoms with Crippen LogP contribution in [-0.2, 0) is 14.3 Å². The van der Waals surface area contributed by atoms with Crippen LogP contribution in [-0.4, -0.2) is 40.8 Å². The van der Waals surface area contributed by atoms with Crippen molar-refractivity contribution in [2.24, 2.45) is 0 Å². The van der Waals surface area contributed by atoms with Crippen LogP contribution >= 0.6 is 0 Å². The molecule has 5 heteroatoms. The maximum Gasteiger partial charge on any atom is 0.412 e. The molecule has 1 heterocycles. The zero-order valence-electron chi connectivity index (χ0n) is 11.3. The molecule has 1 aliphatic heterocycles. The molecule has 1 aliphatic rings. The summed E-state index contributed by atoms with van der Waals surface area (Å²) < 4.78 is 10.8. The summed E-state index contributed by atoms with van der Waals surface area (Å²) in [5, 5.41) is 0. The van der Waals surface area contributed by atoms with Crippen LogP contribution < -0.4 is 0 Å². The highest BCUT2D eigenvalue weighted by molar-refractivity contribution is 5.71. The molecule has 0 N–H and O–H groups in total. The summed E-state index contributed by atoms with van der Waals surface area (Å²) in [5.74, 6) is 0. The zero-order chi connectivity index (χ0) is 13.4. The van der Waals surface area contributed by atoms with Gasteiger partial charge in [0.2, 0.25) is 0 Å². The quantitative estimate of drug-likeness (QED) is 0.660. The van der Waals surface area contributed by atoms with E-state index < -0.39 is 23.5 Å². The molecular formula is C12H21NO4. The van der Waals surface area contributed by atoms with Gasteiger partial charge in [0.1, 0.15) is 17.4 Å². The fraction of sp³-hybridized carbons (Fsp3) is 0.833. The molecule has 17 heavy (non-hydrogen) atoms. The van der Waals surface area contributed by atoms with Crippen molar-refractivity contribution in [2.75, 3.05) is 0 Å². The topological polar surface area (TPSA) is 55.8 Å². The van der Waals surface area contributed by atoms with Crippen LogP contribution in [0.25, 0.3) is 0 Å². The maximum atomic E-state index is 12.1. The number of nitrogens with zero attached hydrogens (tertiary/aromatic N) is 1. The van der Waals surface area contributed by atoms with Crippen molar-refractivity contribution < 1.29 is 19.1 Å². The van der Waals surface area contributed by atoms with Crippen LogP contribution in [0.1, 0.15) is 41.5 Å². The molecule has 0 aromatic rings. The lowest BCUT2D eigenvalue weighted by Gasteiger charge is -2.33. The van der Waals surface area contributed by atoms with Crippen molar-refractivity contribution in [3.63, 3.8) is 0 Å². The standard InChI is InChI=1S/C12H21NO4/c1-8-9(7-14)16-12(5,6)13(8)10(15)17-11(2,3)4/h7-9H,1-6H3/t8-,9-/m0/s1. The Morgan fingerprint density at radius 2 is 1.94 bits per heavy atom. The fourth-order valence-electron chi connectivity index (χ4n) is 1.96. The number of carbonyl (C=O) groups excluding carboxylic acids is 2. The van der Waals surface area contributed by atoms with Crippen molar-refractivity contribution >= 4 is 12.4 Å². The Morgan fingerprint density at radius 1 is 1.41 bits per heavy atom. The number of aldehydes is 1. The lowest BCUT2D eigenvalue weighted by atomic mass is 10.1. The Bertz CT molecular complexity index is 319. The van der Waals surface area contributed by atoms with Gasteiger partial charge in [-0.2, -0.15) is 0 Å². The van der Waals surface area contributed by atoms with E-state index in [4.69, 9.17) is 9.47 Å². The van der Waals surface area contributed by atoms with Gasteiger partial charge >= 0.3 is 6.09 Å². The first-order valence-corrected chi connectivity index (χ1v) is 5.74. The molecule has 1 saturated heterocycles. The number of hydrogen-bond donors (Lipinski definition) is 0. The largest absolute Gasteiger partial charge is 0.444 e. The number of rotatable bonds is 1. The average molecular weight is 243 g/mol. The molecule has 1 fully saturated rings.